The van der Waals surface area contributed by atoms with E-state index >= 15 is 0 Å². The molecule has 0 bridgehead atoms. The van der Waals surface area contributed by atoms with Gasteiger partial charge in [-0.2, -0.15) is 0 Å². The summed E-state index contributed by atoms with van der Waals surface area (Å²) in [5.74, 6) is 2.30. The van der Waals surface area contributed by atoms with Crippen molar-refractivity contribution in [2.45, 2.75) is 25.7 Å². The van der Waals surface area contributed by atoms with Crippen LogP contribution in [0, 0.1) is 5.92 Å². The first kappa shape index (κ1) is 21.3. The first-order valence-electron chi connectivity index (χ1n) is 9.82. The molecule has 4 rings (SSSR count). The zero-order valence-electron chi connectivity index (χ0n) is 16.8. The normalized spacial score (nSPS) is 14.3. The largest absolute Gasteiger partial charge is 0.495 e. The van der Waals surface area contributed by atoms with Crippen LogP contribution in [0.15, 0.2) is 24.4 Å². The molecule has 1 aliphatic carbocycles. The van der Waals surface area contributed by atoms with Crippen LogP contribution in [0.25, 0.3) is 22.0 Å². The fourth-order valence-electron chi connectivity index (χ4n) is 3.95. The molecule has 0 saturated heterocycles. The van der Waals surface area contributed by atoms with Crippen LogP contribution in [0.1, 0.15) is 25.7 Å². The van der Waals surface area contributed by atoms with Crippen LogP contribution in [-0.4, -0.2) is 30.7 Å². The van der Waals surface area contributed by atoms with Gasteiger partial charge in [-0.05, 0) is 30.9 Å². The predicted octanol–water partition coefficient (Wildman–Crippen LogP) is 6.88. The van der Waals surface area contributed by atoms with E-state index in [4.69, 9.17) is 49.3 Å². The van der Waals surface area contributed by atoms with Crippen molar-refractivity contribution in [1.82, 2.24) is 9.97 Å². The number of anilines is 1. The summed E-state index contributed by atoms with van der Waals surface area (Å²) in [4.78, 5) is 9.10. The third kappa shape index (κ3) is 4.11. The molecule has 1 saturated carbocycles. The Kier molecular flexibility index (Phi) is 6.42. The number of fused-ring (bicyclic) bond motifs is 1. The summed E-state index contributed by atoms with van der Waals surface area (Å²) in [6, 6.07) is 5.38. The Bertz CT molecular complexity index is 1060. The summed E-state index contributed by atoms with van der Waals surface area (Å²) in [5, 5.41) is 6.46. The molecule has 30 heavy (non-hydrogen) atoms. The Hall–Kier alpha value is -1.95. The highest BCUT2D eigenvalue weighted by Crippen LogP contribution is 2.46. The fourth-order valence-corrected chi connectivity index (χ4v) is 4.80. The van der Waals surface area contributed by atoms with Crippen molar-refractivity contribution in [2.75, 3.05) is 26.1 Å². The molecule has 0 amide bonds. The molecule has 2 aromatic heterocycles. The lowest BCUT2D eigenvalue weighted by atomic mass is 10.1. The molecule has 8 heteroatoms. The highest BCUT2D eigenvalue weighted by Gasteiger charge is 2.22. The quantitative estimate of drug-likeness (QED) is 0.401. The van der Waals surface area contributed by atoms with Crippen molar-refractivity contribution in [3.05, 3.63) is 39.6 Å². The van der Waals surface area contributed by atoms with E-state index in [1.54, 1.807) is 26.5 Å². The highest BCUT2D eigenvalue weighted by atomic mass is 35.5. The minimum absolute atomic E-state index is 0.374. The van der Waals surface area contributed by atoms with E-state index < -0.39 is 0 Å². The van der Waals surface area contributed by atoms with Crippen LogP contribution in [-0.2, 0) is 0 Å². The van der Waals surface area contributed by atoms with Gasteiger partial charge in [-0.3, -0.25) is 0 Å². The zero-order valence-corrected chi connectivity index (χ0v) is 19.0. The van der Waals surface area contributed by atoms with Gasteiger partial charge in [-0.25, -0.2) is 9.97 Å². The standard InChI is InChI=1S/C22H22Cl3N3O2/c1-29-16-9-17(30-2)21(25)19(20(16)24)15-7-13-11-26-18(23)8-14(13)22(28-15)27-10-12-5-3-4-6-12/h7-9,11-12H,3-6,10H2,1-2H3,(H,27,28). The summed E-state index contributed by atoms with van der Waals surface area (Å²) < 4.78 is 10.8. The van der Waals surface area contributed by atoms with Gasteiger partial charge in [0.05, 0.1) is 30.0 Å². The van der Waals surface area contributed by atoms with Crippen molar-refractivity contribution in [1.29, 1.82) is 0 Å². The Morgan fingerprint density at radius 2 is 1.67 bits per heavy atom. The van der Waals surface area contributed by atoms with E-state index in [1.165, 1.54) is 25.7 Å². The number of aromatic nitrogens is 2. The van der Waals surface area contributed by atoms with Gasteiger partial charge in [-0.15, -0.1) is 0 Å². The number of ether oxygens (including phenoxy) is 2. The minimum atomic E-state index is 0.374. The van der Waals surface area contributed by atoms with Gasteiger partial charge in [0.25, 0.3) is 0 Å². The van der Waals surface area contributed by atoms with Crippen LogP contribution in [0.2, 0.25) is 15.2 Å². The number of hydrogen-bond donors (Lipinski definition) is 1. The molecule has 5 nitrogen and oxygen atoms in total. The lowest BCUT2D eigenvalue weighted by Crippen LogP contribution is -2.12. The predicted molar refractivity (Wildman–Crippen MR) is 124 cm³/mol. The van der Waals surface area contributed by atoms with Gasteiger partial charge in [0, 0.05) is 35.1 Å². The van der Waals surface area contributed by atoms with E-state index in [9.17, 15) is 0 Å². The van der Waals surface area contributed by atoms with Crippen LogP contribution < -0.4 is 14.8 Å². The lowest BCUT2D eigenvalue weighted by molar-refractivity contribution is 0.395. The van der Waals surface area contributed by atoms with Crippen LogP contribution in [0.4, 0.5) is 5.82 Å². The molecule has 1 aromatic carbocycles. The number of hydrogen-bond acceptors (Lipinski definition) is 5. The number of methoxy groups -OCH3 is 2. The number of rotatable bonds is 6. The molecule has 1 fully saturated rings. The van der Waals surface area contributed by atoms with Gasteiger partial charge in [0.1, 0.15) is 22.5 Å². The van der Waals surface area contributed by atoms with Crippen molar-refractivity contribution < 1.29 is 9.47 Å². The molecule has 0 aliphatic heterocycles. The van der Waals surface area contributed by atoms with Gasteiger partial charge in [-0.1, -0.05) is 47.6 Å². The number of nitrogens with one attached hydrogen (secondary N) is 1. The molecule has 0 unspecified atom stereocenters. The van der Waals surface area contributed by atoms with Crippen LogP contribution >= 0.6 is 34.8 Å². The maximum Gasteiger partial charge on any atom is 0.141 e. The molecule has 0 radical (unpaired) electrons. The van der Waals surface area contributed by atoms with Gasteiger partial charge in [0.2, 0.25) is 0 Å². The number of nitrogens with zero attached hydrogens (tertiary/aromatic N) is 2. The van der Waals surface area contributed by atoms with E-state index in [-0.39, 0.29) is 0 Å². The maximum atomic E-state index is 6.62. The maximum absolute atomic E-state index is 6.62. The van der Waals surface area contributed by atoms with Crippen molar-refractivity contribution in [3.63, 3.8) is 0 Å². The molecule has 1 aliphatic rings. The van der Waals surface area contributed by atoms with Gasteiger partial charge in [0.15, 0.2) is 0 Å². The SMILES string of the molecule is COc1cc(OC)c(Cl)c(-c2cc3cnc(Cl)cc3c(NCC3CCCC3)n2)c1Cl. The number of pyridine rings is 2. The topological polar surface area (TPSA) is 56.3 Å². The third-order valence-electron chi connectivity index (χ3n) is 5.54. The summed E-state index contributed by atoms with van der Waals surface area (Å²) in [6.45, 7) is 0.856. The van der Waals surface area contributed by atoms with E-state index in [1.807, 2.05) is 12.1 Å². The molecule has 0 spiro atoms. The van der Waals surface area contributed by atoms with Crippen LogP contribution in [0.5, 0.6) is 11.5 Å². The second-order valence-corrected chi connectivity index (χ2v) is 8.54. The zero-order chi connectivity index (χ0) is 21.3. The Morgan fingerprint density at radius 1 is 1.00 bits per heavy atom. The smallest absolute Gasteiger partial charge is 0.141 e. The first-order chi connectivity index (χ1) is 14.5. The summed E-state index contributed by atoms with van der Waals surface area (Å²) >= 11 is 19.4. The average molecular weight is 467 g/mol. The highest BCUT2D eigenvalue weighted by molar-refractivity contribution is 6.41. The van der Waals surface area contributed by atoms with E-state index in [0.29, 0.717) is 43.9 Å². The van der Waals surface area contributed by atoms with Gasteiger partial charge < -0.3 is 14.8 Å². The molecule has 2 heterocycles. The molecule has 158 valence electrons. The second kappa shape index (κ2) is 9.04. The molecular formula is C22H22Cl3N3O2. The van der Waals surface area contributed by atoms with Gasteiger partial charge >= 0.3 is 0 Å². The summed E-state index contributed by atoms with van der Waals surface area (Å²) in [5.41, 5.74) is 1.16. The molecule has 3 aromatic rings. The van der Waals surface area contributed by atoms with Crippen molar-refractivity contribution >= 4 is 51.4 Å². The van der Waals surface area contributed by atoms with E-state index in [2.05, 4.69) is 10.3 Å². The Morgan fingerprint density at radius 3 is 2.30 bits per heavy atom. The number of halogens is 3. The van der Waals surface area contributed by atoms with Crippen molar-refractivity contribution in [3.8, 4) is 22.8 Å². The van der Waals surface area contributed by atoms with Crippen molar-refractivity contribution in [2.24, 2.45) is 5.92 Å². The Labute approximate surface area is 190 Å². The van der Waals surface area contributed by atoms with Crippen LogP contribution in [0.3, 0.4) is 0 Å². The monoisotopic (exact) mass is 465 g/mol. The molecule has 1 N–H and O–H groups in total. The second-order valence-electron chi connectivity index (χ2n) is 7.40. The summed E-state index contributed by atoms with van der Waals surface area (Å²) in [7, 11) is 3.10. The Balaban J connectivity index is 1.86. The number of benzene rings is 1. The lowest BCUT2D eigenvalue weighted by Gasteiger charge is -2.17. The minimum Gasteiger partial charge on any atom is -0.495 e. The third-order valence-corrected chi connectivity index (χ3v) is 6.50. The fraction of sp³-hybridized carbons (Fsp3) is 0.364. The summed E-state index contributed by atoms with van der Waals surface area (Å²) in [6.07, 6.45) is 6.76. The van der Waals surface area contributed by atoms with E-state index in [0.717, 1.165) is 23.1 Å². The molecule has 0 atom stereocenters. The average Bonchev–Trinajstić information content (AvgIpc) is 3.26. The first-order valence-corrected chi connectivity index (χ1v) is 11.0. The molecular weight excluding hydrogens is 445 g/mol.